The number of benzene rings is 2. The van der Waals surface area contributed by atoms with Gasteiger partial charge in [-0.3, -0.25) is 9.69 Å². The quantitative estimate of drug-likeness (QED) is 0.657. The molecule has 2 aromatic carbocycles. The van der Waals surface area contributed by atoms with E-state index in [1.807, 2.05) is 18.2 Å². The summed E-state index contributed by atoms with van der Waals surface area (Å²) in [5.41, 5.74) is 4.05. The number of carbonyl (C=O) groups is 1. The Morgan fingerprint density at radius 2 is 1.93 bits per heavy atom. The van der Waals surface area contributed by atoms with Crippen LogP contribution in [-0.2, 0) is 16.0 Å². The molecule has 2 aromatic rings. The van der Waals surface area contributed by atoms with E-state index in [9.17, 15) is 4.79 Å². The lowest BCUT2D eigenvalue weighted by atomic mass is 10.0. The van der Waals surface area contributed by atoms with E-state index in [4.69, 9.17) is 4.74 Å². The highest BCUT2D eigenvalue weighted by Crippen LogP contribution is 2.31. The first-order valence-corrected chi connectivity index (χ1v) is 11.8. The van der Waals surface area contributed by atoms with Gasteiger partial charge in [0.05, 0.1) is 19.3 Å². The topological polar surface area (TPSA) is 44.8 Å². The number of nitrogens with one attached hydrogen (secondary N) is 1. The molecule has 0 aliphatic carbocycles. The van der Waals surface area contributed by atoms with E-state index in [1.165, 1.54) is 21.7 Å². The van der Waals surface area contributed by atoms with E-state index in [0.717, 1.165) is 45.0 Å². The fourth-order valence-electron chi connectivity index (χ4n) is 4.22. The number of morpholine rings is 1. The van der Waals surface area contributed by atoms with Crippen molar-refractivity contribution in [2.24, 2.45) is 0 Å². The van der Waals surface area contributed by atoms with Crippen molar-refractivity contribution in [2.45, 2.75) is 23.8 Å². The van der Waals surface area contributed by atoms with E-state index in [1.54, 1.807) is 11.8 Å². The highest BCUT2D eigenvalue weighted by atomic mass is 32.2. The predicted octanol–water partition coefficient (Wildman–Crippen LogP) is 3.35. The normalized spacial score (nSPS) is 17.6. The van der Waals surface area contributed by atoms with Crippen LogP contribution in [0.4, 0.5) is 5.69 Å². The molecular weight excluding hydrogens is 394 g/mol. The Kier molecular flexibility index (Phi) is 7.31. The minimum absolute atomic E-state index is 0.123. The second-order valence-corrected chi connectivity index (χ2v) is 9.11. The number of ether oxygens (including phenoxy) is 1. The van der Waals surface area contributed by atoms with Crippen LogP contribution in [0, 0.1) is 0 Å². The van der Waals surface area contributed by atoms with E-state index >= 15 is 0 Å². The largest absolute Gasteiger partial charge is 0.379 e. The van der Waals surface area contributed by atoms with Crippen molar-refractivity contribution in [1.29, 1.82) is 0 Å². The van der Waals surface area contributed by atoms with Crippen molar-refractivity contribution in [2.75, 3.05) is 57.1 Å². The lowest BCUT2D eigenvalue weighted by Gasteiger charge is -2.35. The summed E-state index contributed by atoms with van der Waals surface area (Å²) in [6, 6.07) is 17.3. The van der Waals surface area contributed by atoms with E-state index in [-0.39, 0.29) is 11.9 Å². The summed E-state index contributed by atoms with van der Waals surface area (Å²) in [6.45, 7) is 5.04. The SMILES string of the molecule is CN1CCc2cc([C@H](CNC(=O)CCSc3ccccc3)N3CCOCC3)ccc21. The average Bonchev–Trinajstić information content (AvgIpc) is 3.16. The van der Waals surface area contributed by atoms with E-state index in [2.05, 4.69) is 52.5 Å². The van der Waals surface area contributed by atoms with Gasteiger partial charge in [0.2, 0.25) is 5.91 Å². The van der Waals surface area contributed by atoms with Crippen LogP contribution in [0.2, 0.25) is 0 Å². The van der Waals surface area contributed by atoms with E-state index in [0.29, 0.717) is 13.0 Å². The van der Waals surface area contributed by atoms with Crippen LogP contribution < -0.4 is 10.2 Å². The second-order valence-electron chi connectivity index (χ2n) is 7.94. The maximum Gasteiger partial charge on any atom is 0.220 e. The van der Waals surface area contributed by atoms with Gasteiger partial charge in [-0.15, -0.1) is 11.8 Å². The van der Waals surface area contributed by atoms with Crippen LogP contribution >= 0.6 is 11.8 Å². The Labute approximate surface area is 183 Å². The van der Waals surface area contributed by atoms with Gasteiger partial charge < -0.3 is 15.0 Å². The molecule has 1 amide bonds. The van der Waals surface area contributed by atoms with Crippen molar-refractivity contribution < 1.29 is 9.53 Å². The fourth-order valence-corrected chi connectivity index (χ4v) is 5.09. The summed E-state index contributed by atoms with van der Waals surface area (Å²) in [5.74, 6) is 0.918. The van der Waals surface area contributed by atoms with Crippen LogP contribution in [0.3, 0.4) is 0 Å². The number of anilines is 1. The van der Waals surface area contributed by atoms with Crippen molar-refractivity contribution in [3.05, 3.63) is 59.7 Å². The number of fused-ring (bicyclic) bond motifs is 1. The highest BCUT2D eigenvalue weighted by molar-refractivity contribution is 7.99. The first kappa shape index (κ1) is 21.2. The summed E-state index contributed by atoms with van der Waals surface area (Å²) >= 11 is 1.73. The molecule has 2 heterocycles. The molecule has 0 spiro atoms. The summed E-state index contributed by atoms with van der Waals surface area (Å²) in [6.07, 6.45) is 1.63. The molecular formula is C24H31N3O2S. The maximum absolute atomic E-state index is 12.5. The van der Waals surface area contributed by atoms with Crippen molar-refractivity contribution in [3.8, 4) is 0 Å². The number of thioether (sulfide) groups is 1. The van der Waals surface area contributed by atoms with Gasteiger partial charge in [-0.2, -0.15) is 0 Å². The molecule has 0 unspecified atom stereocenters. The molecule has 1 fully saturated rings. The molecule has 0 bridgehead atoms. The first-order chi connectivity index (χ1) is 14.7. The molecule has 1 atom stereocenters. The third kappa shape index (κ3) is 5.36. The molecule has 4 rings (SSSR count). The van der Waals surface area contributed by atoms with Gasteiger partial charge in [-0.05, 0) is 35.7 Å². The first-order valence-electron chi connectivity index (χ1n) is 10.8. The van der Waals surface area contributed by atoms with Gasteiger partial charge in [0.15, 0.2) is 0 Å². The second kappa shape index (κ2) is 10.3. The Morgan fingerprint density at radius 1 is 1.13 bits per heavy atom. The number of rotatable bonds is 8. The van der Waals surface area contributed by atoms with Crippen LogP contribution in [0.25, 0.3) is 0 Å². The molecule has 1 saturated heterocycles. The minimum atomic E-state index is 0.123. The summed E-state index contributed by atoms with van der Waals surface area (Å²) < 4.78 is 5.56. The fraction of sp³-hybridized carbons (Fsp3) is 0.458. The number of hydrogen-bond donors (Lipinski definition) is 1. The number of carbonyl (C=O) groups excluding carboxylic acids is 1. The van der Waals surface area contributed by atoms with Gasteiger partial charge in [-0.1, -0.05) is 30.3 Å². The Balaban J connectivity index is 1.36. The molecule has 30 heavy (non-hydrogen) atoms. The molecule has 0 saturated carbocycles. The molecule has 1 N–H and O–H groups in total. The summed E-state index contributed by atoms with van der Waals surface area (Å²) in [4.78, 5) is 18.5. The number of nitrogens with zero attached hydrogens (tertiary/aromatic N) is 2. The molecule has 5 nitrogen and oxygen atoms in total. The van der Waals surface area contributed by atoms with Crippen LogP contribution in [-0.4, -0.2) is 63.0 Å². The zero-order valence-corrected chi connectivity index (χ0v) is 18.5. The van der Waals surface area contributed by atoms with Crippen molar-refractivity contribution in [3.63, 3.8) is 0 Å². The van der Waals surface area contributed by atoms with Crippen molar-refractivity contribution >= 4 is 23.4 Å². The Morgan fingerprint density at radius 3 is 2.73 bits per heavy atom. The molecule has 0 radical (unpaired) electrons. The predicted molar refractivity (Wildman–Crippen MR) is 123 cm³/mol. The molecule has 160 valence electrons. The third-order valence-corrected chi connectivity index (χ3v) is 6.95. The maximum atomic E-state index is 12.5. The van der Waals surface area contributed by atoms with Gasteiger partial charge in [0.1, 0.15) is 0 Å². The average molecular weight is 426 g/mol. The molecule has 2 aliphatic heterocycles. The Bertz CT molecular complexity index is 840. The third-order valence-electron chi connectivity index (χ3n) is 5.94. The van der Waals surface area contributed by atoms with Crippen LogP contribution in [0.5, 0.6) is 0 Å². The lowest BCUT2D eigenvalue weighted by molar-refractivity contribution is -0.121. The lowest BCUT2D eigenvalue weighted by Crippen LogP contribution is -2.43. The van der Waals surface area contributed by atoms with Crippen molar-refractivity contribution in [1.82, 2.24) is 10.2 Å². The smallest absolute Gasteiger partial charge is 0.220 e. The van der Waals surface area contributed by atoms with Gasteiger partial charge in [-0.25, -0.2) is 0 Å². The molecule has 2 aliphatic rings. The zero-order valence-electron chi connectivity index (χ0n) is 17.7. The Hall–Kier alpha value is -2.02. The minimum Gasteiger partial charge on any atom is -0.379 e. The van der Waals surface area contributed by atoms with Gasteiger partial charge in [0, 0.05) is 56.0 Å². The highest BCUT2D eigenvalue weighted by Gasteiger charge is 2.25. The zero-order chi connectivity index (χ0) is 20.8. The standard InChI is InChI=1S/C24H31N3O2S/c1-26-11-9-20-17-19(7-8-22(20)26)23(27-12-14-29-15-13-27)18-25-24(28)10-16-30-21-5-3-2-4-6-21/h2-8,17,23H,9-16,18H2,1H3,(H,25,28)/t23-/m0/s1. The summed E-state index contributed by atoms with van der Waals surface area (Å²) in [5, 5.41) is 3.20. The number of likely N-dealkylation sites (N-methyl/N-ethyl adjacent to an activating group) is 1. The monoisotopic (exact) mass is 425 g/mol. The van der Waals surface area contributed by atoms with Crippen LogP contribution in [0.15, 0.2) is 53.4 Å². The van der Waals surface area contributed by atoms with Gasteiger partial charge in [0.25, 0.3) is 0 Å². The van der Waals surface area contributed by atoms with Gasteiger partial charge >= 0.3 is 0 Å². The molecule has 0 aromatic heterocycles. The number of amides is 1. The van der Waals surface area contributed by atoms with Crippen LogP contribution in [0.1, 0.15) is 23.6 Å². The summed E-state index contributed by atoms with van der Waals surface area (Å²) in [7, 11) is 2.15. The molecule has 6 heteroatoms. The number of hydrogen-bond acceptors (Lipinski definition) is 5. The van der Waals surface area contributed by atoms with E-state index < -0.39 is 0 Å².